The van der Waals surface area contributed by atoms with Gasteiger partial charge in [0.1, 0.15) is 5.75 Å². The van der Waals surface area contributed by atoms with Crippen molar-refractivity contribution in [2.45, 2.75) is 26.6 Å². The second kappa shape index (κ2) is 9.75. The maximum Gasteiger partial charge on any atom is 0.119 e. The fourth-order valence-corrected chi connectivity index (χ4v) is 1.86. The summed E-state index contributed by atoms with van der Waals surface area (Å²) in [6.07, 6.45) is 0.0601. The highest BCUT2D eigenvalue weighted by Crippen LogP contribution is 2.13. The molecule has 0 aliphatic carbocycles. The van der Waals surface area contributed by atoms with Crippen molar-refractivity contribution >= 4 is 0 Å². The van der Waals surface area contributed by atoms with Crippen LogP contribution in [-0.4, -0.2) is 40.0 Å². The molecule has 1 N–H and O–H groups in total. The maximum atomic E-state index is 5.91. The molecule has 1 aromatic rings. The molecule has 0 heterocycles. The number of ether oxygens (including phenoxy) is 3. The highest BCUT2D eigenvalue weighted by Gasteiger charge is 2.09. The zero-order valence-corrected chi connectivity index (χ0v) is 13.0. The van der Waals surface area contributed by atoms with E-state index >= 15 is 0 Å². The molecule has 20 heavy (non-hydrogen) atoms. The highest BCUT2D eigenvalue weighted by atomic mass is 16.5. The third-order valence-corrected chi connectivity index (χ3v) is 2.90. The first-order chi connectivity index (χ1) is 9.65. The molecule has 4 nitrogen and oxygen atoms in total. The summed E-state index contributed by atoms with van der Waals surface area (Å²) in [6.45, 7) is 7.33. The third-order valence-electron chi connectivity index (χ3n) is 2.90. The monoisotopic (exact) mass is 281 g/mol. The number of rotatable bonds is 10. The SMILES string of the molecule is COCC(CNCC(C)C)OCc1cccc(OC)c1. The Bertz CT molecular complexity index is 368. The van der Waals surface area contributed by atoms with Gasteiger partial charge in [-0.1, -0.05) is 26.0 Å². The van der Waals surface area contributed by atoms with Crippen molar-refractivity contribution in [1.29, 1.82) is 0 Å². The van der Waals surface area contributed by atoms with Crippen molar-refractivity contribution in [3.8, 4) is 5.75 Å². The van der Waals surface area contributed by atoms with Crippen LogP contribution in [0.25, 0.3) is 0 Å². The maximum absolute atomic E-state index is 5.91. The molecule has 0 spiro atoms. The number of hydrogen-bond acceptors (Lipinski definition) is 4. The summed E-state index contributed by atoms with van der Waals surface area (Å²) in [5.41, 5.74) is 1.11. The Morgan fingerprint density at radius 2 is 1.95 bits per heavy atom. The Labute approximate surface area is 122 Å². The molecule has 1 unspecified atom stereocenters. The van der Waals surface area contributed by atoms with Crippen molar-refractivity contribution in [1.82, 2.24) is 5.32 Å². The molecule has 0 saturated heterocycles. The van der Waals surface area contributed by atoms with E-state index in [9.17, 15) is 0 Å². The van der Waals surface area contributed by atoms with E-state index in [2.05, 4.69) is 19.2 Å². The quantitative estimate of drug-likeness (QED) is 0.715. The zero-order chi connectivity index (χ0) is 14.8. The van der Waals surface area contributed by atoms with Crippen LogP contribution in [0.4, 0.5) is 0 Å². The molecule has 1 atom stereocenters. The van der Waals surface area contributed by atoms with E-state index in [1.54, 1.807) is 14.2 Å². The fraction of sp³-hybridized carbons (Fsp3) is 0.625. The normalized spacial score (nSPS) is 12.7. The van der Waals surface area contributed by atoms with E-state index in [-0.39, 0.29) is 6.10 Å². The van der Waals surface area contributed by atoms with Crippen molar-refractivity contribution in [2.24, 2.45) is 5.92 Å². The number of benzene rings is 1. The van der Waals surface area contributed by atoms with Crippen molar-refractivity contribution < 1.29 is 14.2 Å². The van der Waals surface area contributed by atoms with Crippen molar-refractivity contribution in [2.75, 3.05) is 33.9 Å². The molecule has 0 bridgehead atoms. The van der Waals surface area contributed by atoms with Crippen molar-refractivity contribution in [3.63, 3.8) is 0 Å². The van der Waals surface area contributed by atoms with Crippen LogP contribution in [-0.2, 0) is 16.1 Å². The first-order valence-corrected chi connectivity index (χ1v) is 7.10. The van der Waals surface area contributed by atoms with Gasteiger partial charge in [-0.15, -0.1) is 0 Å². The van der Waals surface area contributed by atoms with Gasteiger partial charge in [0.15, 0.2) is 0 Å². The van der Waals surface area contributed by atoms with Gasteiger partial charge in [0, 0.05) is 13.7 Å². The van der Waals surface area contributed by atoms with Crippen LogP contribution >= 0.6 is 0 Å². The summed E-state index contributed by atoms with van der Waals surface area (Å²) in [5.74, 6) is 1.49. The lowest BCUT2D eigenvalue weighted by atomic mass is 10.2. The summed E-state index contributed by atoms with van der Waals surface area (Å²) in [5, 5.41) is 3.40. The molecule has 0 aliphatic heterocycles. The second-order valence-corrected chi connectivity index (χ2v) is 5.29. The Kier molecular flexibility index (Phi) is 8.26. The summed E-state index contributed by atoms with van der Waals surface area (Å²) < 4.78 is 16.3. The topological polar surface area (TPSA) is 39.7 Å². The highest BCUT2D eigenvalue weighted by molar-refractivity contribution is 5.27. The van der Waals surface area contributed by atoms with Gasteiger partial charge in [0.25, 0.3) is 0 Å². The van der Waals surface area contributed by atoms with Crippen molar-refractivity contribution in [3.05, 3.63) is 29.8 Å². The minimum atomic E-state index is 0.0601. The van der Waals surface area contributed by atoms with Gasteiger partial charge in [-0.3, -0.25) is 0 Å². The molecule has 0 aliphatic rings. The predicted molar refractivity (Wildman–Crippen MR) is 81.2 cm³/mol. The third kappa shape index (κ3) is 6.89. The van der Waals surface area contributed by atoms with Gasteiger partial charge in [0.2, 0.25) is 0 Å². The van der Waals surface area contributed by atoms with E-state index in [0.29, 0.717) is 19.1 Å². The Morgan fingerprint density at radius 1 is 1.15 bits per heavy atom. The first-order valence-electron chi connectivity index (χ1n) is 7.10. The molecule has 114 valence electrons. The molecule has 1 aromatic carbocycles. The molecule has 0 saturated carbocycles. The van der Waals surface area contributed by atoms with Crippen LogP contribution in [0, 0.1) is 5.92 Å². The predicted octanol–water partition coefficient (Wildman–Crippen LogP) is 2.47. The van der Waals surface area contributed by atoms with Gasteiger partial charge in [-0.2, -0.15) is 0 Å². The number of hydrogen-bond donors (Lipinski definition) is 1. The molecule has 1 rings (SSSR count). The minimum Gasteiger partial charge on any atom is -0.497 e. The molecule has 0 aromatic heterocycles. The standard InChI is InChI=1S/C16H27NO3/c1-13(2)9-17-10-16(12-18-3)20-11-14-6-5-7-15(8-14)19-4/h5-8,13,16-17H,9-12H2,1-4H3. The summed E-state index contributed by atoms with van der Waals surface area (Å²) in [7, 11) is 3.37. The zero-order valence-electron chi connectivity index (χ0n) is 13.0. The lowest BCUT2D eigenvalue weighted by molar-refractivity contribution is -0.0104. The van der Waals surface area contributed by atoms with E-state index in [0.717, 1.165) is 24.4 Å². The van der Waals surface area contributed by atoms with Gasteiger partial charge in [-0.25, -0.2) is 0 Å². The van der Waals surface area contributed by atoms with Crippen LogP contribution in [0.5, 0.6) is 5.75 Å². The number of methoxy groups -OCH3 is 2. The summed E-state index contributed by atoms with van der Waals surface area (Å²) >= 11 is 0. The Morgan fingerprint density at radius 3 is 2.60 bits per heavy atom. The molecular weight excluding hydrogens is 254 g/mol. The van der Waals surface area contributed by atoms with E-state index in [1.807, 2.05) is 24.3 Å². The molecule has 0 fully saturated rings. The summed E-state index contributed by atoms with van der Waals surface area (Å²) in [4.78, 5) is 0. The Balaban J connectivity index is 2.40. The van der Waals surface area contributed by atoms with E-state index in [1.165, 1.54) is 0 Å². The lowest BCUT2D eigenvalue weighted by Crippen LogP contribution is -2.34. The smallest absolute Gasteiger partial charge is 0.119 e. The van der Waals surface area contributed by atoms with Crippen LogP contribution in [0.2, 0.25) is 0 Å². The van der Waals surface area contributed by atoms with E-state index < -0.39 is 0 Å². The van der Waals surface area contributed by atoms with Crippen LogP contribution in [0.3, 0.4) is 0 Å². The average molecular weight is 281 g/mol. The molecular formula is C16H27NO3. The van der Waals surface area contributed by atoms with Crippen LogP contribution in [0.15, 0.2) is 24.3 Å². The fourth-order valence-electron chi connectivity index (χ4n) is 1.86. The Hall–Kier alpha value is -1.10. The summed E-state index contributed by atoms with van der Waals surface area (Å²) in [6, 6.07) is 7.93. The second-order valence-electron chi connectivity index (χ2n) is 5.29. The lowest BCUT2D eigenvalue weighted by Gasteiger charge is -2.18. The average Bonchev–Trinajstić information content (AvgIpc) is 2.44. The molecule has 4 heteroatoms. The van der Waals surface area contributed by atoms with Crippen LogP contribution < -0.4 is 10.1 Å². The largest absolute Gasteiger partial charge is 0.497 e. The van der Waals surface area contributed by atoms with Crippen LogP contribution in [0.1, 0.15) is 19.4 Å². The van der Waals surface area contributed by atoms with Gasteiger partial charge in [0.05, 0.1) is 26.4 Å². The number of nitrogens with one attached hydrogen (secondary N) is 1. The minimum absolute atomic E-state index is 0.0601. The van der Waals surface area contributed by atoms with Gasteiger partial charge < -0.3 is 19.5 Å². The first kappa shape index (κ1) is 17.0. The van der Waals surface area contributed by atoms with Gasteiger partial charge >= 0.3 is 0 Å². The molecule has 0 amide bonds. The van der Waals surface area contributed by atoms with Gasteiger partial charge in [-0.05, 0) is 30.2 Å². The van der Waals surface area contributed by atoms with E-state index in [4.69, 9.17) is 14.2 Å². The molecule has 0 radical (unpaired) electrons.